The Hall–Kier alpha value is -0.510. The van der Waals surface area contributed by atoms with Crippen molar-refractivity contribution in [2.75, 3.05) is 0 Å². The summed E-state index contributed by atoms with van der Waals surface area (Å²) in [7, 11) is 0. The van der Waals surface area contributed by atoms with E-state index >= 15 is 0 Å². The molecule has 0 spiro atoms. The lowest BCUT2D eigenvalue weighted by Crippen LogP contribution is -2.26. The van der Waals surface area contributed by atoms with E-state index in [1.54, 1.807) is 0 Å². The van der Waals surface area contributed by atoms with E-state index in [1.807, 2.05) is 13.8 Å². The second-order valence-electron chi connectivity index (χ2n) is 3.29. The Morgan fingerprint density at radius 1 is 1.36 bits per heavy atom. The molecule has 0 saturated carbocycles. The van der Waals surface area contributed by atoms with E-state index in [2.05, 4.69) is 0 Å². The molecular weight excluding hydrogens is 200 g/mol. The Morgan fingerprint density at radius 3 is 2.21 bits per heavy atom. The van der Waals surface area contributed by atoms with Gasteiger partial charge in [-0.05, 0) is 12.8 Å². The summed E-state index contributed by atoms with van der Waals surface area (Å²) in [4.78, 5) is 21.8. The Bertz CT molecular complexity index is 204. The van der Waals surface area contributed by atoms with Crippen LogP contribution in [0.25, 0.3) is 0 Å². The van der Waals surface area contributed by atoms with E-state index in [-0.39, 0.29) is 10.4 Å². The molecule has 0 fully saturated rings. The highest BCUT2D eigenvalue weighted by Crippen LogP contribution is 2.27. The number of carboxylic acid groups (broad SMARTS) is 1. The molecular formula is C10H18O3S. The van der Waals surface area contributed by atoms with E-state index in [1.165, 1.54) is 18.7 Å². The van der Waals surface area contributed by atoms with Crippen LogP contribution in [0.2, 0.25) is 0 Å². The number of rotatable bonds is 6. The molecule has 3 nitrogen and oxygen atoms in total. The van der Waals surface area contributed by atoms with Gasteiger partial charge in [0.2, 0.25) is 0 Å². The highest BCUT2D eigenvalue weighted by molar-refractivity contribution is 8.14. The maximum Gasteiger partial charge on any atom is 0.307 e. The summed E-state index contributed by atoms with van der Waals surface area (Å²) in [5.74, 6) is -1.19. The van der Waals surface area contributed by atoms with Gasteiger partial charge in [-0.2, -0.15) is 0 Å². The van der Waals surface area contributed by atoms with Gasteiger partial charge in [0.25, 0.3) is 0 Å². The normalized spacial score (nSPS) is 14.8. The topological polar surface area (TPSA) is 54.4 Å². The van der Waals surface area contributed by atoms with Crippen LogP contribution in [-0.2, 0) is 9.59 Å². The number of hydrogen-bond donors (Lipinski definition) is 1. The molecule has 0 saturated heterocycles. The first-order chi connectivity index (χ1) is 6.52. The van der Waals surface area contributed by atoms with Crippen LogP contribution < -0.4 is 0 Å². The molecule has 2 unspecified atom stereocenters. The number of carboxylic acids is 1. The average Bonchev–Trinajstić information content (AvgIpc) is 2.03. The summed E-state index contributed by atoms with van der Waals surface area (Å²) < 4.78 is 0. The number of carbonyl (C=O) groups excluding carboxylic acids is 1. The van der Waals surface area contributed by atoms with Gasteiger partial charge < -0.3 is 5.11 Å². The van der Waals surface area contributed by atoms with Gasteiger partial charge in [-0.1, -0.05) is 32.0 Å². The predicted octanol–water partition coefficient (Wildman–Crippen LogP) is 2.55. The van der Waals surface area contributed by atoms with Gasteiger partial charge in [0, 0.05) is 12.2 Å². The minimum Gasteiger partial charge on any atom is -0.481 e. The number of carbonyl (C=O) groups is 2. The van der Waals surface area contributed by atoms with Crippen LogP contribution in [0.3, 0.4) is 0 Å². The molecule has 0 aliphatic heterocycles. The smallest absolute Gasteiger partial charge is 0.307 e. The van der Waals surface area contributed by atoms with E-state index in [9.17, 15) is 9.59 Å². The van der Waals surface area contributed by atoms with Crippen molar-refractivity contribution in [3.8, 4) is 0 Å². The molecule has 0 aliphatic carbocycles. The number of aliphatic carboxylic acids is 1. The zero-order valence-corrected chi connectivity index (χ0v) is 9.76. The molecule has 0 aromatic rings. The van der Waals surface area contributed by atoms with E-state index in [0.29, 0.717) is 6.42 Å². The Labute approximate surface area is 89.3 Å². The molecule has 1 N–H and O–H groups in total. The standard InChI is InChI=1S/C10H18O3S/c1-4-6-9(14-7(3)11)8(5-2)10(12)13/h8-9H,4-6H2,1-3H3,(H,12,13). The van der Waals surface area contributed by atoms with Gasteiger partial charge in [0.1, 0.15) is 0 Å². The fourth-order valence-electron chi connectivity index (χ4n) is 1.44. The SMILES string of the molecule is CCCC(SC(C)=O)C(CC)C(=O)O. The van der Waals surface area contributed by atoms with Crippen molar-refractivity contribution in [3.05, 3.63) is 0 Å². The molecule has 0 aromatic carbocycles. The van der Waals surface area contributed by atoms with Crippen LogP contribution in [0.5, 0.6) is 0 Å². The van der Waals surface area contributed by atoms with Crippen molar-refractivity contribution in [1.82, 2.24) is 0 Å². The Morgan fingerprint density at radius 2 is 1.93 bits per heavy atom. The number of thioether (sulfide) groups is 1. The summed E-state index contributed by atoms with van der Waals surface area (Å²) in [5, 5.41) is 8.89. The molecule has 0 amide bonds. The Kier molecular flexibility index (Phi) is 6.62. The van der Waals surface area contributed by atoms with Gasteiger partial charge in [-0.15, -0.1) is 0 Å². The molecule has 0 bridgehead atoms. The second-order valence-corrected chi connectivity index (χ2v) is 4.71. The van der Waals surface area contributed by atoms with Crippen LogP contribution in [-0.4, -0.2) is 21.4 Å². The molecule has 0 aliphatic rings. The van der Waals surface area contributed by atoms with Crippen LogP contribution >= 0.6 is 11.8 Å². The summed E-state index contributed by atoms with van der Waals surface area (Å²) in [6, 6.07) is 0. The van der Waals surface area contributed by atoms with E-state index < -0.39 is 11.9 Å². The lowest BCUT2D eigenvalue weighted by Gasteiger charge is -2.20. The summed E-state index contributed by atoms with van der Waals surface area (Å²) in [6.07, 6.45) is 2.28. The molecule has 0 rings (SSSR count). The molecule has 0 heterocycles. The van der Waals surface area contributed by atoms with Gasteiger partial charge in [0.05, 0.1) is 5.92 Å². The van der Waals surface area contributed by atoms with Crippen molar-refractivity contribution < 1.29 is 14.7 Å². The van der Waals surface area contributed by atoms with Crippen molar-refractivity contribution >= 4 is 22.8 Å². The van der Waals surface area contributed by atoms with Gasteiger partial charge in [-0.25, -0.2) is 0 Å². The van der Waals surface area contributed by atoms with Gasteiger partial charge in [0.15, 0.2) is 5.12 Å². The third kappa shape index (κ3) is 4.65. The third-order valence-electron chi connectivity index (χ3n) is 2.10. The summed E-state index contributed by atoms with van der Waals surface area (Å²) >= 11 is 1.17. The van der Waals surface area contributed by atoms with E-state index in [4.69, 9.17) is 5.11 Å². The largest absolute Gasteiger partial charge is 0.481 e. The quantitative estimate of drug-likeness (QED) is 0.744. The summed E-state index contributed by atoms with van der Waals surface area (Å²) in [6.45, 7) is 5.34. The van der Waals surface area contributed by atoms with Crippen LogP contribution in [0.4, 0.5) is 0 Å². The molecule has 2 atom stereocenters. The fraction of sp³-hybridized carbons (Fsp3) is 0.800. The third-order valence-corrected chi connectivity index (χ3v) is 3.30. The minimum atomic E-state index is -0.792. The number of hydrogen-bond acceptors (Lipinski definition) is 3. The Balaban J connectivity index is 4.42. The van der Waals surface area contributed by atoms with Gasteiger partial charge >= 0.3 is 5.97 Å². The molecule has 14 heavy (non-hydrogen) atoms. The van der Waals surface area contributed by atoms with E-state index in [0.717, 1.165) is 12.8 Å². The van der Waals surface area contributed by atoms with Crippen molar-refractivity contribution in [3.63, 3.8) is 0 Å². The van der Waals surface area contributed by atoms with Crippen molar-refractivity contribution in [1.29, 1.82) is 0 Å². The highest BCUT2D eigenvalue weighted by atomic mass is 32.2. The highest BCUT2D eigenvalue weighted by Gasteiger charge is 2.27. The predicted molar refractivity (Wildman–Crippen MR) is 58.4 cm³/mol. The molecule has 82 valence electrons. The first kappa shape index (κ1) is 13.5. The lowest BCUT2D eigenvalue weighted by molar-refractivity contribution is -0.141. The van der Waals surface area contributed by atoms with Crippen LogP contribution in [0.1, 0.15) is 40.0 Å². The van der Waals surface area contributed by atoms with Crippen molar-refractivity contribution in [2.45, 2.75) is 45.3 Å². The van der Waals surface area contributed by atoms with Gasteiger partial charge in [-0.3, -0.25) is 9.59 Å². The van der Waals surface area contributed by atoms with Crippen LogP contribution in [0.15, 0.2) is 0 Å². The zero-order chi connectivity index (χ0) is 11.1. The summed E-state index contributed by atoms with van der Waals surface area (Å²) in [5.41, 5.74) is 0. The minimum absolute atomic E-state index is 0.00292. The fourth-order valence-corrected chi connectivity index (χ4v) is 2.69. The zero-order valence-electron chi connectivity index (χ0n) is 8.95. The maximum atomic E-state index is 10.9. The second kappa shape index (κ2) is 6.87. The first-order valence-corrected chi connectivity index (χ1v) is 5.80. The maximum absolute atomic E-state index is 10.9. The first-order valence-electron chi connectivity index (χ1n) is 4.92. The average molecular weight is 218 g/mol. The van der Waals surface area contributed by atoms with Crippen LogP contribution in [0, 0.1) is 5.92 Å². The molecule has 4 heteroatoms. The van der Waals surface area contributed by atoms with Crippen molar-refractivity contribution in [2.24, 2.45) is 5.92 Å². The molecule has 0 radical (unpaired) electrons. The monoisotopic (exact) mass is 218 g/mol. The lowest BCUT2D eigenvalue weighted by atomic mass is 9.99. The molecule has 0 aromatic heterocycles.